The van der Waals surface area contributed by atoms with E-state index in [1.165, 1.54) is 0 Å². The average Bonchev–Trinajstić information content (AvgIpc) is 1.87. The number of hydrogen-bond donors (Lipinski definition) is 3. The molecule has 1 atom stereocenters. The molecule has 0 aromatic rings. The molecule has 0 saturated carbocycles. The van der Waals surface area contributed by atoms with Gasteiger partial charge in [0, 0.05) is 6.42 Å². The largest absolute Gasteiger partial charge is 0.505 e. The molecule has 3 N–H and O–H groups in total. The van der Waals surface area contributed by atoms with E-state index in [0.717, 1.165) is 0 Å². The number of carbonyl (C=O) groups is 1. The smallest absolute Gasteiger partial charge is 0.450 e. The van der Waals surface area contributed by atoms with E-state index in [1.807, 2.05) is 0 Å². The molecule has 60 valence electrons. The van der Waals surface area contributed by atoms with Gasteiger partial charge in [0.25, 0.3) is 0 Å². The summed E-state index contributed by atoms with van der Waals surface area (Å²) < 4.78 is 4.06. The van der Waals surface area contributed by atoms with Crippen molar-refractivity contribution in [2.45, 2.75) is 12.5 Å². The van der Waals surface area contributed by atoms with Gasteiger partial charge in [-0.2, -0.15) is 0 Å². The lowest BCUT2D eigenvalue weighted by Gasteiger charge is -2.04. The molecule has 0 fully saturated rings. The third kappa shape index (κ3) is 5.33. The molecule has 0 rings (SSSR count). The lowest BCUT2D eigenvalue weighted by Crippen LogP contribution is -2.15. The number of hydrogen-bond acceptors (Lipinski definition) is 4. The summed E-state index contributed by atoms with van der Waals surface area (Å²) in [6.07, 6.45) is -2.13. The minimum Gasteiger partial charge on any atom is -0.450 e. The summed E-state index contributed by atoms with van der Waals surface area (Å²) in [5, 5.41) is 24.8. The van der Waals surface area contributed by atoms with Crippen LogP contribution in [0.5, 0.6) is 0 Å². The fourth-order valence-electron chi connectivity index (χ4n) is 0.374. The van der Waals surface area contributed by atoms with Gasteiger partial charge in [-0.3, -0.25) is 0 Å². The molecule has 0 amide bonds. The van der Waals surface area contributed by atoms with Crippen molar-refractivity contribution in [2.75, 3.05) is 13.2 Å². The Bertz CT molecular complexity index is 102. The standard InChI is InChI=1S/C5H10O5/c6-3-4(7)1-2-10-5(8)9/h4,6-7H,1-3H2,(H,8,9)/t4-/m1/s1. The van der Waals surface area contributed by atoms with Gasteiger partial charge in [0.05, 0.1) is 19.3 Å². The first-order valence-electron chi connectivity index (χ1n) is 2.81. The molecule has 0 aliphatic rings. The predicted octanol–water partition coefficient (Wildman–Crippen LogP) is -0.576. The summed E-state index contributed by atoms with van der Waals surface area (Å²) in [5.74, 6) is 0. The molecule has 5 nitrogen and oxygen atoms in total. The van der Waals surface area contributed by atoms with Crippen molar-refractivity contribution < 1.29 is 24.9 Å². The van der Waals surface area contributed by atoms with Crippen molar-refractivity contribution in [3.8, 4) is 0 Å². The van der Waals surface area contributed by atoms with E-state index < -0.39 is 12.3 Å². The molecule has 0 aromatic carbocycles. The monoisotopic (exact) mass is 150 g/mol. The van der Waals surface area contributed by atoms with Crippen LogP contribution in [0.1, 0.15) is 6.42 Å². The first-order chi connectivity index (χ1) is 4.66. The van der Waals surface area contributed by atoms with Crippen LogP contribution < -0.4 is 0 Å². The third-order valence-electron chi connectivity index (χ3n) is 0.887. The van der Waals surface area contributed by atoms with Crippen LogP contribution in [-0.4, -0.2) is 40.8 Å². The van der Waals surface area contributed by atoms with Crippen molar-refractivity contribution in [1.82, 2.24) is 0 Å². The van der Waals surface area contributed by atoms with Crippen LogP contribution >= 0.6 is 0 Å². The van der Waals surface area contributed by atoms with Crippen LogP contribution in [0.15, 0.2) is 0 Å². The third-order valence-corrected chi connectivity index (χ3v) is 0.887. The zero-order valence-electron chi connectivity index (χ0n) is 5.36. The molecule has 10 heavy (non-hydrogen) atoms. The molecule has 0 unspecified atom stereocenters. The van der Waals surface area contributed by atoms with Crippen LogP contribution in [0, 0.1) is 0 Å². The van der Waals surface area contributed by atoms with E-state index in [9.17, 15) is 4.79 Å². The highest BCUT2D eigenvalue weighted by molar-refractivity contribution is 5.56. The van der Waals surface area contributed by atoms with Crippen molar-refractivity contribution in [2.24, 2.45) is 0 Å². The van der Waals surface area contributed by atoms with E-state index in [4.69, 9.17) is 15.3 Å². The molecule has 0 heterocycles. The summed E-state index contributed by atoms with van der Waals surface area (Å²) in [6.45, 7) is -0.458. The fraction of sp³-hybridized carbons (Fsp3) is 0.800. The normalized spacial score (nSPS) is 12.6. The van der Waals surface area contributed by atoms with Gasteiger partial charge >= 0.3 is 6.16 Å². The maximum atomic E-state index is 9.70. The van der Waals surface area contributed by atoms with Crippen molar-refractivity contribution >= 4 is 6.16 Å². The van der Waals surface area contributed by atoms with Gasteiger partial charge in [0.1, 0.15) is 0 Å². The molecule has 0 radical (unpaired) electrons. The highest BCUT2D eigenvalue weighted by atomic mass is 16.7. The maximum Gasteiger partial charge on any atom is 0.505 e. The quantitative estimate of drug-likeness (QED) is 0.467. The fourth-order valence-corrected chi connectivity index (χ4v) is 0.374. The van der Waals surface area contributed by atoms with Crippen molar-refractivity contribution in [3.63, 3.8) is 0 Å². The van der Waals surface area contributed by atoms with E-state index in [0.29, 0.717) is 0 Å². The summed E-state index contributed by atoms with van der Waals surface area (Å²) in [4.78, 5) is 9.70. The number of aliphatic hydroxyl groups excluding tert-OH is 2. The molecule has 0 spiro atoms. The number of rotatable bonds is 4. The highest BCUT2D eigenvalue weighted by Crippen LogP contribution is 1.90. The zero-order chi connectivity index (χ0) is 7.98. The molecular formula is C5H10O5. The van der Waals surface area contributed by atoms with Crippen LogP contribution in [0.4, 0.5) is 4.79 Å². The van der Waals surface area contributed by atoms with Gasteiger partial charge in [-0.1, -0.05) is 0 Å². The van der Waals surface area contributed by atoms with Crippen LogP contribution in [0.3, 0.4) is 0 Å². The molecular weight excluding hydrogens is 140 g/mol. The predicted molar refractivity (Wildman–Crippen MR) is 31.7 cm³/mol. The van der Waals surface area contributed by atoms with Crippen LogP contribution in [-0.2, 0) is 4.74 Å². The summed E-state index contributed by atoms with van der Waals surface area (Å²) in [6, 6.07) is 0. The molecule has 5 heteroatoms. The number of aliphatic hydroxyl groups is 2. The first kappa shape index (κ1) is 9.19. The van der Waals surface area contributed by atoms with Gasteiger partial charge in [0.15, 0.2) is 0 Å². The zero-order valence-corrected chi connectivity index (χ0v) is 5.36. The molecule has 0 saturated heterocycles. The second-order valence-corrected chi connectivity index (χ2v) is 1.74. The van der Waals surface area contributed by atoms with Crippen LogP contribution in [0.2, 0.25) is 0 Å². The second-order valence-electron chi connectivity index (χ2n) is 1.74. The SMILES string of the molecule is O=C(O)OCC[C@@H](O)CO. The number of carboxylic acid groups (broad SMARTS) is 1. The highest BCUT2D eigenvalue weighted by Gasteiger charge is 2.02. The Morgan fingerprint density at radius 2 is 2.20 bits per heavy atom. The molecule has 0 aromatic heterocycles. The molecule has 0 bridgehead atoms. The minimum absolute atomic E-state index is 0.0862. The Balaban J connectivity index is 3.11. The Labute approximate surface area is 57.9 Å². The average molecular weight is 150 g/mol. The van der Waals surface area contributed by atoms with Gasteiger partial charge in [-0.25, -0.2) is 4.79 Å². The van der Waals surface area contributed by atoms with E-state index in [2.05, 4.69) is 4.74 Å². The summed E-state index contributed by atoms with van der Waals surface area (Å²) >= 11 is 0. The van der Waals surface area contributed by atoms with E-state index in [-0.39, 0.29) is 19.6 Å². The Morgan fingerprint density at radius 3 is 2.60 bits per heavy atom. The van der Waals surface area contributed by atoms with Gasteiger partial charge in [0.2, 0.25) is 0 Å². The lowest BCUT2D eigenvalue weighted by atomic mass is 10.3. The maximum absolute atomic E-state index is 9.70. The first-order valence-corrected chi connectivity index (χ1v) is 2.81. The Hall–Kier alpha value is -0.810. The van der Waals surface area contributed by atoms with Crippen molar-refractivity contribution in [1.29, 1.82) is 0 Å². The van der Waals surface area contributed by atoms with Crippen LogP contribution in [0.25, 0.3) is 0 Å². The van der Waals surface area contributed by atoms with Crippen molar-refractivity contribution in [3.05, 3.63) is 0 Å². The summed E-state index contributed by atoms with van der Waals surface area (Å²) in [7, 11) is 0. The topological polar surface area (TPSA) is 87.0 Å². The summed E-state index contributed by atoms with van der Waals surface area (Å²) in [5.41, 5.74) is 0. The molecule has 0 aliphatic heterocycles. The Kier molecular flexibility index (Phi) is 4.61. The lowest BCUT2D eigenvalue weighted by molar-refractivity contribution is 0.0488. The second kappa shape index (κ2) is 5.01. The molecule has 0 aliphatic carbocycles. The van der Waals surface area contributed by atoms with E-state index >= 15 is 0 Å². The Morgan fingerprint density at radius 1 is 1.60 bits per heavy atom. The van der Waals surface area contributed by atoms with Gasteiger partial charge in [-0.15, -0.1) is 0 Å². The minimum atomic E-state index is -1.37. The van der Waals surface area contributed by atoms with Gasteiger partial charge in [-0.05, 0) is 0 Å². The van der Waals surface area contributed by atoms with Gasteiger partial charge < -0.3 is 20.1 Å². The number of ether oxygens (including phenoxy) is 1. The van der Waals surface area contributed by atoms with E-state index in [1.54, 1.807) is 0 Å².